The molecule has 0 saturated carbocycles. The highest BCUT2D eigenvalue weighted by atomic mass is 35.5. The number of hydrogen-bond donors (Lipinski definition) is 2. The molecule has 0 aliphatic rings. The molecular weight excluding hydrogens is 404 g/mol. The van der Waals surface area contributed by atoms with Crippen LogP contribution in [0.15, 0.2) is 54.6 Å². The number of carboxylic acid groups (broad SMARTS) is 1. The van der Waals surface area contributed by atoms with Crippen LogP contribution in [0.5, 0.6) is 5.75 Å². The average Bonchev–Trinajstić information content (AvgIpc) is 3.12. The Labute approximate surface area is 167 Å². The van der Waals surface area contributed by atoms with Gasteiger partial charge in [0.05, 0.1) is 22.3 Å². The predicted octanol–water partition coefficient (Wildman–Crippen LogP) is 5.24. The van der Waals surface area contributed by atoms with Crippen molar-refractivity contribution >= 4 is 28.6 Å². The fraction of sp³-hybridized carbons (Fsp3) is 0.0500. The molecule has 0 spiro atoms. The van der Waals surface area contributed by atoms with Gasteiger partial charge in [-0.2, -0.15) is 13.9 Å². The summed E-state index contributed by atoms with van der Waals surface area (Å²) in [7, 11) is 0. The molecule has 0 bridgehead atoms. The Hall–Kier alpha value is -3.52. The monoisotopic (exact) mass is 415 g/mol. The number of halogens is 3. The summed E-state index contributed by atoms with van der Waals surface area (Å²) in [5, 5.41) is 17.6. The highest BCUT2D eigenvalue weighted by Gasteiger charge is 2.20. The van der Waals surface area contributed by atoms with E-state index < -0.39 is 12.6 Å². The first kappa shape index (κ1) is 18.8. The lowest BCUT2D eigenvalue weighted by Crippen LogP contribution is -2.02. The number of pyridine rings is 1. The number of benzene rings is 2. The van der Waals surface area contributed by atoms with Crippen molar-refractivity contribution in [2.24, 2.45) is 0 Å². The van der Waals surface area contributed by atoms with Crippen molar-refractivity contribution < 1.29 is 23.4 Å². The maximum Gasteiger partial charge on any atom is 0.387 e. The first-order chi connectivity index (χ1) is 13.9. The van der Waals surface area contributed by atoms with Crippen molar-refractivity contribution in [3.05, 3.63) is 65.2 Å². The highest BCUT2D eigenvalue weighted by Crippen LogP contribution is 2.32. The molecule has 0 atom stereocenters. The summed E-state index contributed by atoms with van der Waals surface area (Å²) in [6.45, 7) is -2.93. The number of aromatic carboxylic acids is 1. The van der Waals surface area contributed by atoms with Crippen molar-refractivity contribution in [2.45, 2.75) is 6.61 Å². The Bertz CT molecular complexity index is 1190. The predicted molar refractivity (Wildman–Crippen MR) is 103 cm³/mol. The van der Waals surface area contributed by atoms with Gasteiger partial charge in [0, 0.05) is 16.1 Å². The average molecular weight is 416 g/mol. The van der Waals surface area contributed by atoms with Gasteiger partial charge >= 0.3 is 12.6 Å². The van der Waals surface area contributed by atoms with Crippen LogP contribution < -0.4 is 4.74 Å². The minimum Gasteiger partial charge on any atom is -0.478 e. The van der Waals surface area contributed by atoms with Crippen LogP contribution in [0.25, 0.3) is 33.5 Å². The number of aromatic amines is 1. The highest BCUT2D eigenvalue weighted by molar-refractivity contribution is 6.30. The Kier molecular flexibility index (Phi) is 4.85. The summed E-state index contributed by atoms with van der Waals surface area (Å²) in [5.74, 6) is -1.15. The molecule has 0 unspecified atom stereocenters. The number of carboxylic acids is 1. The Morgan fingerprint density at radius 2 is 1.72 bits per heavy atom. The Morgan fingerprint density at radius 1 is 1.07 bits per heavy atom. The molecule has 2 aromatic heterocycles. The summed E-state index contributed by atoms with van der Waals surface area (Å²) < 4.78 is 28.9. The molecule has 2 aromatic carbocycles. The fourth-order valence-electron chi connectivity index (χ4n) is 2.97. The standard InChI is InChI=1S/C20H12ClF2N3O3/c21-12-5-1-11(2-6-12)17-16-14(19(27)28)9-15(24-18(16)26-25-17)10-3-7-13(8-4-10)29-20(22)23/h1-9,20H,(H,27,28)(H,24,25,26). The van der Waals surface area contributed by atoms with Crippen LogP contribution in [0.3, 0.4) is 0 Å². The number of H-pyrrole nitrogens is 1. The number of aromatic nitrogens is 3. The molecule has 0 aliphatic carbocycles. The van der Waals surface area contributed by atoms with Crippen LogP contribution in [0, 0.1) is 0 Å². The fourth-order valence-corrected chi connectivity index (χ4v) is 3.10. The van der Waals surface area contributed by atoms with E-state index in [0.29, 0.717) is 32.9 Å². The van der Waals surface area contributed by atoms with E-state index in [9.17, 15) is 18.7 Å². The molecule has 4 rings (SSSR count). The van der Waals surface area contributed by atoms with E-state index in [1.807, 2.05) is 0 Å². The summed E-state index contributed by atoms with van der Waals surface area (Å²) >= 11 is 5.92. The molecule has 9 heteroatoms. The maximum absolute atomic E-state index is 12.3. The van der Waals surface area contributed by atoms with Gasteiger partial charge in [-0.1, -0.05) is 23.7 Å². The van der Waals surface area contributed by atoms with Gasteiger partial charge < -0.3 is 9.84 Å². The summed E-state index contributed by atoms with van der Waals surface area (Å²) in [6.07, 6.45) is 0. The second kappa shape index (κ2) is 7.48. The first-order valence-corrected chi connectivity index (χ1v) is 8.74. The van der Waals surface area contributed by atoms with Crippen LogP contribution in [-0.4, -0.2) is 32.9 Å². The molecule has 0 radical (unpaired) electrons. The summed E-state index contributed by atoms with van der Waals surface area (Å²) in [6, 6.07) is 14.0. The van der Waals surface area contributed by atoms with Crippen LogP contribution in [-0.2, 0) is 0 Å². The van der Waals surface area contributed by atoms with Gasteiger partial charge in [0.1, 0.15) is 5.75 Å². The van der Waals surface area contributed by atoms with Gasteiger partial charge in [-0.15, -0.1) is 0 Å². The van der Waals surface area contributed by atoms with Crippen LogP contribution in [0.1, 0.15) is 10.4 Å². The van der Waals surface area contributed by atoms with Gasteiger partial charge in [0.15, 0.2) is 5.65 Å². The number of nitrogens with zero attached hydrogens (tertiary/aromatic N) is 2. The molecule has 0 amide bonds. The zero-order valence-electron chi connectivity index (χ0n) is 14.6. The van der Waals surface area contributed by atoms with Crippen molar-refractivity contribution in [3.8, 4) is 28.3 Å². The van der Waals surface area contributed by atoms with Crippen LogP contribution in [0.2, 0.25) is 5.02 Å². The van der Waals surface area contributed by atoms with Crippen LogP contribution >= 0.6 is 11.6 Å². The number of ether oxygens (including phenoxy) is 1. The Balaban J connectivity index is 1.82. The second-order valence-electron chi connectivity index (χ2n) is 6.07. The topological polar surface area (TPSA) is 88.1 Å². The zero-order valence-corrected chi connectivity index (χ0v) is 15.3. The quantitative estimate of drug-likeness (QED) is 0.465. The van der Waals surface area contributed by atoms with Crippen molar-refractivity contribution in [1.29, 1.82) is 0 Å². The molecule has 29 heavy (non-hydrogen) atoms. The second-order valence-corrected chi connectivity index (χ2v) is 6.50. The van der Waals surface area contributed by atoms with Gasteiger partial charge in [0.2, 0.25) is 0 Å². The SMILES string of the molecule is O=C(O)c1cc(-c2ccc(OC(F)F)cc2)nc2n[nH]c(-c3ccc(Cl)cc3)c12. The largest absolute Gasteiger partial charge is 0.478 e. The third kappa shape index (κ3) is 3.74. The van der Waals surface area contributed by atoms with Gasteiger partial charge in [0.25, 0.3) is 0 Å². The first-order valence-electron chi connectivity index (χ1n) is 8.36. The van der Waals surface area contributed by atoms with E-state index in [1.54, 1.807) is 24.3 Å². The molecule has 2 N–H and O–H groups in total. The smallest absolute Gasteiger partial charge is 0.387 e. The molecule has 2 heterocycles. The number of nitrogens with one attached hydrogen (secondary N) is 1. The number of hydrogen-bond acceptors (Lipinski definition) is 4. The maximum atomic E-state index is 12.3. The van der Waals surface area contributed by atoms with E-state index in [1.165, 1.54) is 30.3 Å². The molecule has 4 aromatic rings. The molecule has 0 aliphatic heterocycles. The van der Waals surface area contributed by atoms with E-state index >= 15 is 0 Å². The van der Waals surface area contributed by atoms with Crippen molar-refractivity contribution in [3.63, 3.8) is 0 Å². The molecule has 0 saturated heterocycles. The van der Waals surface area contributed by atoms with Gasteiger partial charge in [-0.25, -0.2) is 9.78 Å². The lowest BCUT2D eigenvalue weighted by Gasteiger charge is -2.07. The minimum atomic E-state index is -2.93. The lowest BCUT2D eigenvalue weighted by atomic mass is 10.0. The van der Waals surface area contributed by atoms with Gasteiger partial charge in [-0.05, 0) is 42.5 Å². The van der Waals surface area contributed by atoms with Gasteiger partial charge in [-0.3, -0.25) is 5.10 Å². The lowest BCUT2D eigenvalue weighted by molar-refractivity contribution is -0.0498. The molecule has 0 fully saturated rings. The third-order valence-electron chi connectivity index (χ3n) is 4.26. The minimum absolute atomic E-state index is 0.00641. The number of rotatable bonds is 5. The molecule has 6 nitrogen and oxygen atoms in total. The van der Waals surface area contributed by atoms with E-state index in [2.05, 4.69) is 19.9 Å². The van der Waals surface area contributed by atoms with Crippen molar-refractivity contribution in [2.75, 3.05) is 0 Å². The van der Waals surface area contributed by atoms with E-state index in [0.717, 1.165) is 0 Å². The van der Waals surface area contributed by atoms with E-state index in [-0.39, 0.29) is 17.0 Å². The molecule has 146 valence electrons. The zero-order chi connectivity index (χ0) is 20.5. The third-order valence-corrected chi connectivity index (χ3v) is 4.51. The number of carbonyl (C=O) groups is 1. The number of fused-ring (bicyclic) bond motifs is 1. The van der Waals surface area contributed by atoms with Crippen LogP contribution in [0.4, 0.5) is 8.78 Å². The molecular formula is C20H12ClF2N3O3. The normalized spacial score (nSPS) is 11.2. The van der Waals surface area contributed by atoms with E-state index in [4.69, 9.17) is 11.6 Å². The van der Waals surface area contributed by atoms with Crippen molar-refractivity contribution in [1.82, 2.24) is 15.2 Å². The number of alkyl halides is 2. The Morgan fingerprint density at radius 3 is 2.34 bits per heavy atom. The summed E-state index contributed by atoms with van der Waals surface area (Å²) in [5.41, 5.74) is 2.32. The summed E-state index contributed by atoms with van der Waals surface area (Å²) in [4.78, 5) is 16.3.